The lowest BCUT2D eigenvalue weighted by Gasteiger charge is -2.16. The first kappa shape index (κ1) is 16.5. The zero-order chi connectivity index (χ0) is 15.1. The molecular formula is C16H26N2O2. The van der Waals surface area contributed by atoms with Gasteiger partial charge in [0.05, 0.1) is 12.1 Å². The fourth-order valence-corrected chi connectivity index (χ4v) is 1.81. The van der Waals surface area contributed by atoms with Gasteiger partial charge in [-0.15, -0.1) is 0 Å². The van der Waals surface area contributed by atoms with E-state index in [2.05, 4.69) is 12.2 Å². The molecule has 4 nitrogen and oxygen atoms in total. The SMILES string of the molecule is CCC(C)Oc1cccc(NC(=O)[C@H](N)CC(C)C)c1. The second-order valence-electron chi connectivity index (χ2n) is 5.59. The Bertz CT molecular complexity index is 432. The molecule has 1 unspecified atom stereocenters. The van der Waals surface area contributed by atoms with Crippen molar-refractivity contribution in [2.75, 3.05) is 5.32 Å². The minimum Gasteiger partial charge on any atom is -0.491 e. The lowest BCUT2D eigenvalue weighted by Crippen LogP contribution is -2.36. The highest BCUT2D eigenvalue weighted by Crippen LogP contribution is 2.19. The molecule has 0 aliphatic carbocycles. The van der Waals surface area contributed by atoms with Crippen LogP contribution in [0.4, 0.5) is 5.69 Å². The monoisotopic (exact) mass is 278 g/mol. The summed E-state index contributed by atoms with van der Waals surface area (Å²) < 4.78 is 5.73. The van der Waals surface area contributed by atoms with Crippen LogP contribution in [0.3, 0.4) is 0 Å². The van der Waals surface area contributed by atoms with Gasteiger partial charge in [0, 0.05) is 11.8 Å². The minimum atomic E-state index is -0.478. The molecule has 4 heteroatoms. The quantitative estimate of drug-likeness (QED) is 0.805. The van der Waals surface area contributed by atoms with E-state index in [0.29, 0.717) is 12.3 Å². The normalized spacial score (nSPS) is 13.9. The molecule has 1 aromatic rings. The third-order valence-electron chi connectivity index (χ3n) is 3.08. The number of amides is 1. The van der Waals surface area contributed by atoms with E-state index in [0.717, 1.165) is 17.9 Å². The average molecular weight is 278 g/mol. The number of ether oxygens (including phenoxy) is 1. The van der Waals surface area contributed by atoms with Gasteiger partial charge >= 0.3 is 0 Å². The number of hydrogen-bond acceptors (Lipinski definition) is 3. The Labute approximate surface area is 121 Å². The van der Waals surface area contributed by atoms with Crippen molar-refractivity contribution in [3.8, 4) is 5.75 Å². The first-order chi connectivity index (χ1) is 9.42. The topological polar surface area (TPSA) is 64.3 Å². The van der Waals surface area contributed by atoms with Crippen molar-refractivity contribution in [1.82, 2.24) is 0 Å². The number of carbonyl (C=O) groups excluding carboxylic acids is 1. The standard InChI is InChI=1S/C16H26N2O2/c1-5-12(4)20-14-8-6-7-13(10-14)18-16(19)15(17)9-11(2)3/h6-8,10-12,15H,5,9,17H2,1-4H3,(H,18,19)/t12?,15-/m1/s1. The molecule has 0 saturated carbocycles. The number of hydrogen-bond donors (Lipinski definition) is 2. The van der Waals surface area contributed by atoms with Crippen molar-refractivity contribution in [2.45, 2.75) is 52.7 Å². The molecule has 0 spiro atoms. The highest BCUT2D eigenvalue weighted by atomic mass is 16.5. The predicted molar refractivity (Wildman–Crippen MR) is 82.9 cm³/mol. The van der Waals surface area contributed by atoms with Crippen molar-refractivity contribution < 1.29 is 9.53 Å². The molecule has 0 aliphatic rings. The maximum absolute atomic E-state index is 12.0. The van der Waals surface area contributed by atoms with Gasteiger partial charge in [-0.2, -0.15) is 0 Å². The van der Waals surface area contributed by atoms with Gasteiger partial charge in [0.15, 0.2) is 0 Å². The predicted octanol–water partition coefficient (Wildman–Crippen LogP) is 3.18. The molecule has 1 rings (SSSR count). The summed E-state index contributed by atoms with van der Waals surface area (Å²) >= 11 is 0. The van der Waals surface area contributed by atoms with Gasteiger partial charge in [-0.25, -0.2) is 0 Å². The summed E-state index contributed by atoms with van der Waals surface area (Å²) in [5, 5.41) is 2.83. The van der Waals surface area contributed by atoms with Crippen LogP contribution in [-0.4, -0.2) is 18.1 Å². The molecule has 0 saturated heterocycles. The second-order valence-corrected chi connectivity index (χ2v) is 5.59. The first-order valence-corrected chi connectivity index (χ1v) is 7.25. The number of nitrogens with one attached hydrogen (secondary N) is 1. The van der Waals surface area contributed by atoms with Gasteiger partial charge < -0.3 is 15.8 Å². The zero-order valence-corrected chi connectivity index (χ0v) is 12.8. The summed E-state index contributed by atoms with van der Waals surface area (Å²) in [6, 6.07) is 6.93. The van der Waals surface area contributed by atoms with Gasteiger partial charge in [-0.3, -0.25) is 4.79 Å². The molecule has 1 amide bonds. The molecule has 0 bridgehead atoms. The number of rotatable bonds is 7. The van der Waals surface area contributed by atoms with E-state index in [9.17, 15) is 4.79 Å². The Balaban J connectivity index is 2.63. The Hall–Kier alpha value is -1.55. The second kappa shape index (κ2) is 7.90. The molecule has 0 heterocycles. The summed E-state index contributed by atoms with van der Waals surface area (Å²) in [6.07, 6.45) is 1.77. The van der Waals surface area contributed by atoms with E-state index in [1.54, 1.807) is 0 Å². The lowest BCUT2D eigenvalue weighted by molar-refractivity contribution is -0.117. The Morgan fingerprint density at radius 1 is 1.35 bits per heavy atom. The summed E-state index contributed by atoms with van der Waals surface area (Å²) in [7, 11) is 0. The van der Waals surface area contributed by atoms with E-state index in [4.69, 9.17) is 10.5 Å². The smallest absolute Gasteiger partial charge is 0.241 e. The van der Waals surface area contributed by atoms with Crippen LogP contribution in [0.2, 0.25) is 0 Å². The lowest BCUT2D eigenvalue weighted by atomic mass is 10.0. The molecule has 3 N–H and O–H groups in total. The number of benzene rings is 1. The van der Waals surface area contributed by atoms with E-state index < -0.39 is 6.04 Å². The molecule has 112 valence electrons. The minimum absolute atomic E-state index is 0.153. The molecule has 2 atom stereocenters. The van der Waals surface area contributed by atoms with Crippen LogP contribution < -0.4 is 15.8 Å². The van der Waals surface area contributed by atoms with E-state index in [1.165, 1.54) is 0 Å². The van der Waals surface area contributed by atoms with Crippen LogP contribution in [0.25, 0.3) is 0 Å². The van der Waals surface area contributed by atoms with Crippen molar-refractivity contribution in [3.05, 3.63) is 24.3 Å². The highest BCUT2D eigenvalue weighted by molar-refractivity contribution is 5.94. The van der Waals surface area contributed by atoms with Gasteiger partial charge in [0.25, 0.3) is 0 Å². The largest absolute Gasteiger partial charge is 0.491 e. The van der Waals surface area contributed by atoms with Crippen molar-refractivity contribution in [2.24, 2.45) is 11.7 Å². The van der Waals surface area contributed by atoms with Gasteiger partial charge in [-0.1, -0.05) is 26.8 Å². The molecule has 0 aromatic heterocycles. The molecule has 0 radical (unpaired) electrons. The fourth-order valence-electron chi connectivity index (χ4n) is 1.81. The first-order valence-electron chi connectivity index (χ1n) is 7.25. The Kier molecular flexibility index (Phi) is 6.52. The van der Waals surface area contributed by atoms with Crippen LogP contribution in [0.5, 0.6) is 5.75 Å². The highest BCUT2D eigenvalue weighted by Gasteiger charge is 2.15. The number of nitrogens with two attached hydrogens (primary N) is 1. The van der Waals surface area contributed by atoms with Gasteiger partial charge in [-0.05, 0) is 37.8 Å². The summed E-state index contributed by atoms with van der Waals surface area (Å²) in [4.78, 5) is 12.0. The van der Waals surface area contributed by atoms with Crippen LogP contribution in [0, 0.1) is 5.92 Å². The van der Waals surface area contributed by atoms with Crippen LogP contribution >= 0.6 is 0 Å². The van der Waals surface area contributed by atoms with Crippen LogP contribution in [0.1, 0.15) is 40.5 Å². The Morgan fingerprint density at radius 2 is 2.05 bits per heavy atom. The number of anilines is 1. The summed E-state index contributed by atoms with van der Waals surface area (Å²) in [5.41, 5.74) is 6.58. The molecule has 1 aromatic carbocycles. The third kappa shape index (κ3) is 5.61. The van der Waals surface area contributed by atoms with Gasteiger partial charge in [0.2, 0.25) is 5.91 Å². The van der Waals surface area contributed by atoms with Crippen LogP contribution in [0.15, 0.2) is 24.3 Å². The van der Waals surface area contributed by atoms with Crippen molar-refractivity contribution >= 4 is 11.6 Å². The third-order valence-corrected chi connectivity index (χ3v) is 3.08. The van der Waals surface area contributed by atoms with E-state index >= 15 is 0 Å². The van der Waals surface area contributed by atoms with E-state index in [-0.39, 0.29) is 12.0 Å². The zero-order valence-electron chi connectivity index (χ0n) is 12.8. The van der Waals surface area contributed by atoms with Crippen LogP contribution in [-0.2, 0) is 4.79 Å². The fraction of sp³-hybridized carbons (Fsp3) is 0.562. The van der Waals surface area contributed by atoms with Gasteiger partial charge in [0.1, 0.15) is 5.75 Å². The Morgan fingerprint density at radius 3 is 2.65 bits per heavy atom. The number of carbonyl (C=O) groups is 1. The summed E-state index contributed by atoms with van der Waals surface area (Å²) in [6.45, 7) is 8.19. The van der Waals surface area contributed by atoms with E-state index in [1.807, 2.05) is 45.0 Å². The average Bonchev–Trinajstić information content (AvgIpc) is 2.38. The molecule has 0 aliphatic heterocycles. The molecular weight excluding hydrogens is 252 g/mol. The van der Waals surface area contributed by atoms with Crippen molar-refractivity contribution in [3.63, 3.8) is 0 Å². The molecule has 0 fully saturated rings. The maximum Gasteiger partial charge on any atom is 0.241 e. The molecule has 20 heavy (non-hydrogen) atoms. The maximum atomic E-state index is 12.0. The van der Waals surface area contributed by atoms with Crippen molar-refractivity contribution in [1.29, 1.82) is 0 Å². The summed E-state index contributed by atoms with van der Waals surface area (Å²) in [5.74, 6) is 1.00.